The first-order valence-corrected chi connectivity index (χ1v) is 7.74. The van der Waals surface area contributed by atoms with Crippen LogP contribution < -0.4 is 5.32 Å². The van der Waals surface area contributed by atoms with Crippen molar-refractivity contribution in [2.45, 2.75) is 18.7 Å². The van der Waals surface area contributed by atoms with Crippen LogP contribution in [0.2, 0.25) is 0 Å². The molecule has 114 valence electrons. The van der Waals surface area contributed by atoms with Gasteiger partial charge in [-0.05, 0) is 43.7 Å². The van der Waals surface area contributed by atoms with E-state index >= 15 is 0 Å². The number of carbonyl (C=O) groups is 2. The lowest BCUT2D eigenvalue weighted by Crippen LogP contribution is -2.14. The lowest BCUT2D eigenvalue weighted by Gasteiger charge is -2.07. The van der Waals surface area contributed by atoms with Gasteiger partial charge in [0.15, 0.2) is 5.78 Å². The van der Waals surface area contributed by atoms with Crippen molar-refractivity contribution < 1.29 is 14.0 Å². The second-order valence-corrected chi connectivity index (χ2v) is 5.92. The Kier molecular flexibility index (Phi) is 5.33. The van der Waals surface area contributed by atoms with Crippen molar-refractivity contribution in [1.82, 2.24) is 0 Å². The third-order valence-electron chi connectivity index (χ3n) is 3.00. The Morgan fingerprint density at radius 3 is 2.59 bits per heavy atom. The van der Waals surface area contributed by atoms with Gasteiger partial charge in [0, 0.05) is 16.1 Å². The number of hydrogen-bond acceptors (Lipinski definition) is 3. The van der Waals surface area contributed by atoms with Crippen LogP contribution in [0.1, 0.15) is 22.8 Å². The smallest absolute Gasteiger partial charge is 0.234 e. The number of ketones is 1. The zero-order valence-electron chi connectivity index (χ0n) is 12.4. The Labute approximate surface area is 132 Å². The average molecular weight is 317 g/mol. The second-order valence-electron chi connectivity index (χ2n) is 4.91. The molecule has 0 radical (unpaired) electrons. The Hall–Kier alpha value is -2.14. The molecule has 1 N–H and O–H groups in total. The molecule has 1 amide bonds. The highest BCUT2D eigenvalue weighted by atomic mass is 32.2. The number of halogens is 1. The number of hydrogen-bond donors (Lipinski definition) is 1. The molecule has 0 atom stereocenters. The van der Waals surface area contributed by atoms with E-state index in [0.29, 0.717) is 10.5 Å². The van der Waals surface area contributed by atoms with Gasteiger partial charge in [-0.3, -0.25) is 9.59 Å². The molecule has 0 aliphatic heterocycles. The SMILES string of the molecule is CC(=O)c1ccc(SCC(=O)Nc2cccc(C)c2)c(F)c1. The molecule has 2 rings (SSSR count). The number of aryl methyl sites for hydroxylation is 1. The summed E-state index contributed by atoms with van der Waals surface area (Å²) in [6.07, 6.45) is 0. The molecule has 0 saturated heterocycles. The number of rotatable bonds is 5. The van der Waals surface area contributed by atoms with E-state index in [0.717, 1.165) is 23.0 Å². The van der Waals surface area contributed by atoms with Crippen LogP contribution in [0.5, 0.6) is 0 Å². The molecule has 2 aromatic carbocycles. The molecule has 2 aromatic rings. The van der Waals surface area contributed by atoms with Crippen molar-refractivity contribution in [2.75, 3.05) is 11.1 Å². The van der Waals surface area contributed by atoms with Gasteiger partial charge in [0.25, 0.3) is 0 Å². The maximum atomic E-state index is 13.8. The third kappa shape index (κ3) is 4.43. The first kappa shape index (κ1) is 16.2. The Morgan fingerprint density at radius 2 is 1.95 bits per heavy atom. The lowest BCUT2D eigenvalue weighted by atomic mass is 10.1. The summed E-state index contributed by atoms with van der Waals surface area (Å²) in [6, 6.07) is 11.8. The standard InChI is InChI=1S/C17H16FNO2S/c1-11-4-3-5-14(8-11)19-17(21)10-22-16-7-6-13(12(2)20)9-15(16)18/h3-9H,10H2,1-2H3,(H,19,21). The van der Waals surface area contributed by atoms with E-state index in [4.69, 9.17) is 0 Å². The molecule has 0 fully saturated rings. The summed E-state index contributed by atoms with van der Waals surface area (Å²) in [5.74, 6) is -0.774. The van der Waals surface area contributed by atoms with Gasteiger partial charge in [0.05, 0.1) is 5.75 Å². The minimum absolute atomic E-state index is 0.101. The highest BCUT2D eigenvalue weighted by Crippen LogP contribution is 2.23. The highest BCUT2D eigenvalue weighted by molar-refractivity contribution is 8.00. The molecule has 0 aromatic heterocycles. The fraction of sp³-hybridized carbons (Fsp3) is 0.176. The van der Waals surface area contributed by atoms with Crippen LogP contribution in [0.4, 0.5) is 10.1 Å². The molecule has 0 saturated carbocycles. The molecular formula is C17H16FNO2S. The van der Waals surface area contributed by atoms with Gasteiger partial charge in [-0.2, -0.15) is 0 Å². The summed E-state index contributed by atoms with van der Waals surface area (Å²) in [6.45, 7) is 3.33. The summed E-state index contributed by atoms with van der Waals surface area (Å²) in [5, 5.41) is 2.77. The van der Waals surface area contributed by atoms with Crippen molar-refractivity contribution in [2.24, 2.45) is 0 Å². The number of benzene rings is 2. The first-order valence-electron chi connectivity index (χ1n) is 6.75. The zero-order chi connectivity index (χ0) is 16.1. The predicted octanol–water partition coefficient (Wildman–Crippen LogP) is 4.07. The van der Waals surface area contributed by atoms with Crippen LogP contribution >= 0.6 is 11.8 Å². The quantitative estimate of drug-likeness (QED) is 0.668. The van der Waals surface area contributed by atoms with Gasteiger partial charge in [-0.25, -0.2) is 4.39 Å². The van der Waals surface area contributed by atoms with E-state index < -0.39 is 5.82 Å². The van der Waals surface area contributed by atoms with E-state index in [1.54, 1.807) is 12.1 Å². The van der Waals surface area contributed by atoms with Crippen LogP contribution in [0.3, 0.4) is 0 Å². The lowest BCUT2D eigenvalue weighted by molar-refractivity contribution is -0.113. The van der Waals surface area contributed by atoms with Gasteiger partial charge in [0.2, 0.25) is 5.91 Å². The van der Waals surface area contributed by atoms with Gasteiger partial charge >= 0.3 is 0 Å². The average Bonchev–Trinajstić information content (AvgIpc) is 2.45. The van der Waals surface area contributed by atoms with E-state index in [9.17, 15) is 14.0 Å². The summed E-state index contributed by atoms with van der Waals surface area (Å²) in [4.78, 5) is 23.4. The molecule has 0 heterocycles. The zero-order valence-corrected chi connectivity index (χ0v) is 13.2. The molecule has 0 unspecified atom stereocenters. The molecule has 3 nitrogen and oxygen atoms in total. The van der Waals surface area contributed by atoms with Crippen molar-refractivity contribution in [3.8, 4) is 0 Å². The van der Waals surface area contributed by atoms with Crippen LogP contribution in [-0.4, -0.2) is 17.4 Å². The maximum absolute atomic E-state index is 13.8. The van der Waals surface area contributed by atoms with E-state index in [2.05, 4.69) is 5.32 Å². The van der Waals surface area contributed by atoms with Crippen LogP contribution in [0.15, 0.2) is 47.4 Å². The summed E-state index contributed by atoms with van der Waals surface area (Å²) >= 11 is 1.10. The molecule has 22 heavy (non-hydrogen) atoms. The number of nitrogens with one attached hydrogen (secondary N) is 1. The minimum atomic E-state index is -0.485. The van der Waals surface area contributed by atoms with E-state index in [-0.39, 0.29) is 17.4 Å². The topological polar surface area (TPSA) is 46.2 Å². The van der Waals surface area contributed by atoms with Crippen molar-refractivity contribution >= 4 is 29.1 Å². The minimum Gasteiger partial charge on any atom is -0.325 e. The molecule has 5 heteroatoms. The summed E-state index contributed by atoms with van der Waals surface area (Å²) in [5.41, 5.74) is 2.10. The van der Waals surface area contributed by atoms with Crippen molar-refractivity contribution in [3.05, 3.63) is 59.4 Å². The molecular weight excluding hydrogens is 301 g/mol. The van der Waals surface area contributed by atoms with Gasteiger partial charge < -0.3 is 5.32 Å². The van der Waals surface area contributed by atoms with Gasteiger partial charge in [-0.1, -0.05) is 18.2 Å². The molecule has 0 spiro atoms. The monoisotopic (exact) mass is 317 g/mol. The van der Waals surface area contributed by atoms with Crippen molar-refractivity contribution in [3.63, 3.8) is 0 Å². The van der Waals surface area contributed by atoms with Crippen LogP contribution in [0.25, 0.3) is 0 Å². The summed E-state index contributed by atoms with van der Waals surface area (Å²) in [7, 11) is 0. The van der Waals surface area contributed by atoms with E-state index in [1.807, 2.05) is 25.1 Å². The Balaban J connectivity index is 1.95. The number of amides is 1. The summed E-state index contributed by atoms with van der Waals surface area (Å²) < 4.78 is 13.8. The Bertz CT molecular complexity index is 716. The number of carbonyl (C=O) groups excluding carboxylic acids is 2. The third-order valence-corrected chi connectivity index (χ3v) is 4.05. The molecule has 0 aliphatic carbocycles. The van der Waals surface area contributed by atoms with E-state index in [1.165, 1.54) is 19.1 Å². The molecule has 0 aliphatic rings. The maximum Gasteiger partial charge on any atom is 0.234 e. The van der Waals surface area contributed by atoms with Gasteiger partial charge in [-0.15, -0.1) is 11.8 Å². The Morgan fingerprint density at radius 1 is 1.18 bits per heavy atom. The largest absolute Gasteiger partial charge is 0.325 e. The van der Waals surface area contributed by atoms with Crippen molar-refractivity contribution in [1.29, 1.82) is 0 Å². The van der Waals surface area contributed by atoms with Crippen LogP contribution in [0, 0.1) is 12.7 Å². The predicted molar refractivity (Wildman–Crippen MR) is 86.9 cm³/mol. The molecule has 0 bridgehead atoms. The number of thioether (sulfide) groups is 1. The highest BCUT2D eigenvalue weighted by Gasteiger charge is 2.09. The fourth-order valence-electron chi connectivity index (χ4n) is 1.90. The number of anilines is 1. The normalized spacial score (nSPS) is 10.3. The first-order chi connectivity index (χ1) is 10.5. The van der Waals surface area contributed by atoms with Crippen LogP contribution in [-0.2, 0) is 4.79 Å². The number of Topliss-reactive ketones (excluding diaryl/α,β-unsaturated/α-hetero) is 1. The fourth-order valence-corrected chi connectivity index (χ4v) is 2.62. The van der Waals surface area contributed by atoms with Gasteiger partial charge in [0.1, 0.15) is 5.82 Å². The second kappa shape index (κ2) is 7.22.